The minimum absolute atomic E-state index is 0. The summed E-state index contributed by atoms with van der Waals surface area (Å²) in [5.41, 5.74) is 0.725. The van der Waals surface area contributed by atoms with E-state index in [9.17, 15) is 0 Å². The summed E-state index contributed by atoms with van der Waals surface area (Å²) in [6, 6.07) is 0.671. The Balaban J connectivity index is 0.000000252. The van der Waals surface area contributed by atoms with Gasteiger partial charge in [-0.1, -0.05) is 13.8 Å². The van der Waals surface area contributed by atoms with Gasteiger partial charge >= 0.3 is 58.2 Å². The second-order valence-electron chi connectivity index (χ2n) is 10.9. The molecule has 4 aliphatic rings. The van der Waals surface area contributed by atoms with E-state index in [1.165, 1.54) is 45.7 Å². The Kier molecular flexibility index (Phi) is 10.2. The molecule has 4 saturated heterocycles. The third-order valence-corrected chi connectivity index (χ3v) is 6.84. The van der Waals surface area contributed by atoms with Crippen molar-refractivity contribution >= 4 is 0 Å². The van der Waals surface area contributed by atoms with E-state index in [0.717, 1.165) is 24.3 Å². The predicted octanol–water partition coefficient (Wildman–Crippen LogP) is 0.781. The van der Waals surface area contributed by atoms with Gasteiger partial charge in [-0.3, -0.25) is 9.80 Å². The maximum Gasteiger partial charge on any atom is 1.00 e. The predicted molar refractivity (Wildman–Crippen MR) is 114 cm³/mol. The molecule has 0 N–H and O–H groups in total. The van der Waals surface area contributed by atoms with Crippen LogP contribution >= 0.6 is 0 Å². The van der Waals surface area contributed by atoms with E-state index < -0.39 is 0 Å². The molecule has 0 spiro atoms. The van der Waals surface area contributed by atoms with Crippen LogP contribution in [0.4, 0.5) is 0 Å². The van der Waals surface area contributed by atoms with Gasteiger partial charge in [0.15, 0.2) is 0 Å². The molecule has 4 rings (SSSR count). The molecule has 154 valence electrons. The van der Waals surface area contributed by atoms with E-state index >= 15 is 0 Å². The van der Waals surface area contributed by atoms with Gasteiger partial charge in [-0.15, -0.1) is 12.6 Å². The second-order valence-corrected chi connectivity index (χ2v) is 10.9. The zero-order valence-electron chi connectivity index (χ0n) is 18.8. The molecule has 0 saturated carbocycles. The Morgan fingerprint density at radius 1 is 0.704 bits per heavy atom. The standard InChI is InChI=1S/C11H22N2.C10H19N2.CH4.Rb/c1-11(2,3)13-7-9-5-12(4)6-10(9)8-13;1-10(2,3)12-6-8-4-5-11-9(8)7-12;;/h9-10H,5-8H2,1-4H3;8-9H,4-7H2,1-3H3;1H4;/q;-1;;+1. The van der Waals surface area contributed by atoms with Crippen LogP contribution in [0.3, 0.4) is 0 Å². The van der Waals surface area contributed by atoms with Crippen LogP contribution in [0.25, 0.3) is 5.32 Å². The van der Waals surface area contributed by atoms with E-state index in [0.29, 0.717) is 17.1 Å². The number of hydrogen-bond donors (Lipinski definition) is 0. The largest absolute Gasteiger partial charge is 1.00 e. The zero-order chi connectivity index (χ0) is 18.4. The molecule has 0 amide bonds. The summed E-state index contributed by atoms with van der Waals surface area (Å²) in [6.07, 6.45) is 1.33. The molecular formula is C22H45N4Rb. The van der Waals surface area contributed by atoms with Gasteiger partial charge in [0.25, 0.3) is 0 Å². The van der Waals surface area contributed by atoms with E-state index in [1.54, 1.807) is 0 Å². The Bertz CT molecular complexity index is 430. The molecule has 4 unspecified atom stereocenters. The van der Waals surface area contributed by atoms with Gasteiger partial charge in [0.2, 0.25) is 0 Å². The Labute approximate surface area is 219 Å². The van der Waals surface area contributed by atoms with Crippen molar-refractivity contribution in [3.05, 3.63) is 5.32 Å². The van der Waals surface area contributed by atoms with Crippen LogP contribution in [0, 0.1) is 17.8 Å². The maximum atomic E-state index is 4.62. The van der Waals surface area contributed by atoms with Crippen molar-refractivity contribution in [2.24, 2.45) is 17.8 Å². The van der Waals surface area contributed by atoms with Gasteiger partial charge in [-0.05, 0) is 72.9 Å². The number of fused-ring (bicyclic) bond motifs is 2. The van der Waals surface area contributed by atoms with Gasteiger partial charge in [0, 0.05) is 43.8 Å². The molecule has 5 heteroatoms. The van der Waals surface area contributed by atoms with E-state index in [4.69, 9.17) is 0 Å². The fourth-order valence-electron chi connectivity index (χ4n) is 5.07. The van der Waals surface area contributed by atoms with Crippen molar-refractivity contribution in [2.75, 3.05) is 52.9 Å². The summed E-state index contributed by atoms with van der Waals surface area (Å²) in [4.78, 5) is 7.70. The van der Waals surface area contributed by atoms with Gasteiger partial charge in [-0.2, -0.15) is 0 Å². The molecular weight excluding hydrogens is 406 g/mol. The van der Waals surface area contributed by atoms with Crippen molar-refractivity contribution in [3.63, 3.8) is 0 Å². The molecule has 4 nitrogen and oxygen atoms in total. The van der Waals surface area contributed by atoms with Crippen LogP contribution in [0.15, 0.2) is 0 Å². The van der Waals surface area contributed by atoms with Crippen molar-refractivity contribution in [3.8, 4) is 0 Å². The summed E-state index contributed by atoms with van der Waals surface area (Å²) in [5, 5.41) is 4.62. The van der Waals surface area contributed by atoms with Crippen LogP contribution in [0.5, 0.6) is 0 Å². The molecule has 27 heavy (non-hydrogen) atoms. The Morgan fingerprint density at radius 2 is 1.15 bits per heavy atom. The quantitative estimate of drug-likeness (QED) is 0.545. The molecule has 4 fully saturated rings. The topological polar surface area (TPSA) is 23.8 Å². The average molecular weight is 451 g/mol. The number of likely N-dealkylation sites (tertiary alicyclic amines) is 3. The van der Waals surface area contributed by atoms with Crippen molar-refractivity contribution in [1.82, 2.24) is 14.7 Å². The SMILES string of the molecule is C.CC(C)(C)N1CC2CC[N-]C2C1.CN1CC2CN(C(C)(C)C)CC2C1.[Rb+]. The molecule has 4 aliphatic heterocycles. The van der Waals surface area contributed by atoms with Crippen molar-refractivity contribution < 1.29 is 58.2 Å². The van der Waals surface area contributed by atoms with E-state index in [1.807, 2.05) is 0 Å². The molecule has 0 aliphatic carbocycles. The first-order chi connectivity index (χ1) is 11.5. The summed E-state index contributed by atoms with van der Waals surface area (Å²) in [5.74, 6) is 2.78. The first kappa shape index (κ1) is 26.7. The Hall–Kier alpha value is 1.65. The van der Waals surface area contributed by atoms with Crippen LogP contribution in [0.1, 0.15) is 55.4 Å². The van der Waals surface area contributed by atoms with Crippen LogP contribution in [-0.2, 0) is 0 Å². The molecule has 0 aromatic heterocycles. The van der Waals surface area contributed by atoms with Crippen LogP contribution in [-0.4, -0.2) is 84.7 Å². The molecule has 0 bridgehead atoms. The van der Waals surface area contributed by atoms with E-state index in [-0.39, 0.29) is 65.6 Å². The van der Waals surface area contributed by atoms with Crippen LogP contribution in [0.2, 0.25) is 0 Å². The fraction of sp³-hybridized carbons (Fsp3) is 1.00. The molecule has 0 aromatic carbocycles. The smallest absolute Gasteiger partial charge is 0.658 e. The summed E-state index contributed by atoms with van der Waals surface area (Å²) < 4.78 is 0. The normalized spacial score (nSPS) is 34.3. The zero-order valence-corrected chi connectivity index (χ0v) is 23.7. The summed E-state index contributed by atoms with van der Waals surface area (Å²) in [6.45, 7) is 22.8. The van der Waals surface area contributed by atoms with Crippen molar-refractivity contribution in [2.45, 2.75) is 72.5 Å². The third-order valence-electron chi connectivity index (χ3n) is 6.84. The Morgan fingerprint density at radius 3 is 1.59 bits per heavy atom. The molecule has 4 heterocycles. The van der Waals surface area contributed by atoms with Gasteiger partial charge in [0.1, 0.15) is 0 Å². The summed E-state index contributed by atoms with van der Waals surface area (Å²) >= 11 is 0. The maximum absolute atomic E-state index is 4.62. The fourth-order valence-corrected chi connectivity index (χ4v) is 5.07. The monoisotopic (exact) mass is 450 g/mol. The first-order valence-corrected chi connectivity index (χ1v) is 10.4. The summed E-state index contributed by atoms with van der Waals surface area (Å²) in [7, 11) is 2.25. The minimum atomic E-state index is 0. The van der Waals surface area contributed by atoms with E-state index in [2.05, 4.69) is 68.6 Å². The first-order valence-electron chi connectivity index (χ1n) is 10.4. The number of rotatable bonds is 0. The molecule has 0 aromatic rings. The minimum Gasteiger partial charge on any atom is -0.658 e. The van der Waals surface area contributed by atoms with Gasteiger partial charge in [0.05, 0.1) is 0 Å². The van der Waals surface area contributed by atoms with Crippen molar-refractivity contribution in [1.29, 1.82) is 0 Å². The third kappa shape index (κ3) is 6.82. The average Bonchev–Trinajstić information content (AvgIpc) is 3.12. The van der Waals surface area contributed by atoms with Gasteiger partial charge in [-0.25, -0.2) is 0 Å². The van der Waals surface area contributed by atoms with Gasteiger partial charge < -0.3 is 10.2 Å². The number of nitrogens with zero attached hydrogens (tertiary/aromatic N) is 4. The van der Waals surface area contributed by atoms with Crippen LogP contribution < -0.4 is 58.2 Å². The molecule has 4 atom stereocenters. The second kappa shape index (κ2) is 10.3. The molecule has 0 radical (unpaired) electrons. The number of hydrogen-bond acceptors (Lipinski definition) is 3.